The van der Waals surface area contributed by atoms with Gasteiger partial charge in [0.25, 0.3) is 0 Å². The minimum atomic E-state index is -0.157. The number of carbonyl (C=O) groups is 1. The summed E-state index contributed by atoms with van der Waals surface area (Å²) in [4.78, 5) is 11.6. The quantitative estimate of drug-likeness (QED) is 0.625. The number of nitrogens with one attached hydrogen (secondary N) is 1. The first kappa shape index (κ1) is 15.2. The molecule has 0 aliphatic heterocycles. The van der Waals surface area contributed by atoms with Gasteiger partial charge in [0, 0.05) is 17.9 Å². The van der Waals surface area contributed by atoms with Crippen LogP contribution in [0.3, 0.4) is 0 Å². The molecule has 0 atom stereocenters. The highest BCUT2D eigenvalue weighted by molar-refractivity contribution is 5.91. The predicted molar refractivity (Wildman–Crippen MR) is 76.9 cm³/mol. The predicted octanol–water partition coefficient (Wildman–Crippen LogP) is 1.67. The molecule has 1 aromatic rings. The molecule has 19 heavy (non-hydrogen) atoms. The molecule has 0 unspecified atom stereocenters. The lowest BCUT2D eigenvalue weighted by Gasteiger charge is -2.07. The average Bonchev–Trinajstić information content (AvgIpc) is 2.39. The van der Waals surface area contributed by atoms with Crippen LogP contribution in [-0.4, -0.2) is 25.7 Å². The Morgan fingerprint density at radius 2 is 2.26 bits per heavy atom. The molecular formula is C15H20N2O2. The summed E-state index contributed by atoms with van der Waals surface area (Å²) in [6.45, 7) is 4.96. The van der Waals surface area contributed by atoms with Gasteiger partial charge < -0.3 is 15.8 Å². The minimum absolute atomic E-state index is 0.0749. The molecule has 0 fully saturated rings. The second-order valence-electron chi connectivity index (χ2n) is 4.14. The number of benzene rings is 1. The first-order chi connectivity index (χ1) is 9.17. The molecule has 0 heterocycles. The van der Waals surface area contributed by atoms with Crippen LogP contribution in [0.5, 0.6) is 0 Å². The zero-order chi connectivity index (χ0) is 14.1. The van der Waals surface area contributed by atoms with Crippen LogP contribution in [-0.2, 0) is 9.53 Å². The maximum atomic E-state index is 11.6. The minimum Gasteiger partial charge on any atom is -0.372 e. The van der Waals surface area contributed by atoms with E-state index in [0.29, 0.717) is 13.2 Å². The smallest absolute Gasteiger partial charge is 0.250 e. The first-order valence-electron chi connectivity index (χ1n) is 6.34. The number of hydrogen-bond donors (Lipinski definition) is 2. The zero-order valence-electron chi connectivity index (χ0n) is 11.5. The topological polar surface area (TPSA) is 64.3 Å². The number of carbonyl (C=O) groups excluding carboxylic acids is 1. The second-order valence-corrected chi connectivity index (χ2v) is 4.14. The van der Waals surface area contributed by atoms with Gasteiger partial charge in [-0.15, -0.1) is 0 Å². The highest BCUT2D eigenvalue weighted by Gasteiger charge is 2.03. The van der Waals surface area contributed by atoms with Crippen molar-refractivity contribution in [2.24, 2.45) is 5.73 Å². The fourth-order valence-corrected chi connectivity index (χ4v) is 1.49. The number of anilines is 1. The van der Waals surface area contributed by atoms with Crippen LogP contribution < -0.4 is 11.1 Å². The summed E-state index contributed by atoms with van der Waals surface area (Å²) in [6.07, 6.45) is 0.899. The Balaban J connectivity index is 2.66. The van der Waals surface area contributed by atoms with E-state index in [4.69, 9.17) is 10.5 Å². The molecule has 0 aromatic heterocycles. The molecule has 4 nitrogen and oxygen atoms in total. The van der Waals surface area contributed by atoms with Gasteiger partial charge in [-0.25, -0.2) is 0 Å². The Labute approximate surface area is 114 Å². The van der Waals surface area contributed by atoms with Crippen LogP contribution in [0.25, 0.3) is 0 Å². The lowest BCUT2D eigenvalue weighted by atomic mass is 10.1. The monoisotopic (exact) mass is 260 g/mol. The lowest BCUT2D eigenvalue weighted by molar-refractivity contribution is -0.120. The maximum absolute atomic E-state index is 11.6. The molecule has 1 amide bonds. The van der Waals surface area contributed by atoms with Crippen LogP contribution in [0.2, 0.25) is 0 Å². The Kier molecular flexibility index (Phi) is 6.65. The number of amides is 1. The summed E-state index contributed by atoms with van der Waals surface area (Å²) < 4.78 is 5.18. The van der Waals surface area contributed by atoms with Gasteiger partial charge in [0.2, 0.25) is 5.91 Å². The van der Waals surface area contributed by atoms with E-state index in [1.807, 2.05) is 32.0 Å². The fraction of sp³-hybridized carbons (Fsp3) is 0.400. The molecule has 3 N–H and O–H groups in total. The van der Waals surface area contributed by atoms with Gasteiger partial charge >= 0.3 is 0 Å². The van der Waals surface area contributed by atoms with Gasteiger partial charge in [0.1, 0.15) is 6.61 Å². The van der Waals surface area contributed by atoms with Crippen LogP contribution >= 0.6 is 0 Å². The summed E-state index contributed by atoms with van der Waals surface area (Å²) in [6, 6.07) is 5.61. The molecule has 1 aromatic carbocycles. The van der Waals surface area contributed by atoms with Gasteiger partial charge in [-0.2, -0.15) is 0 Å². The number of ether oxygens (including phenoxy) is 1. The van der Waals surface area contributed by atoms with Crippen molar-refractivity contribution in [3.05, 3.63) is 29.3 Å². The average molecular weight is 260 g/mol. The van der Waals surface area contributed by atoms with Gasteiger partial charge in [0.05, 0.1) is 6.54 Å². The largest absolute Gasteiger partial charge is 0.372 e. The van der Waals surface area contributed by atoms with E-state index in [0.717, 1.165) is 23.2 Å². The molecule has 1 rings (SSSR count). The van der Waals surface area contributed by atoms with Crippen molar-refractivity contribution in [1.29, 1.82) is 0 Å². The molecule has 0 saturated heterocycles. The van der Waals surface area contributed by atoms with Gasteiger partial charge in [-0.05, 0) is 31.0 Å². The van der Waals surface area contributed by atoms with Crippen LogP contribution in [0.1, 0.15) is 24.5 Å². The van der Waals surface area contributed by atoms with E-state index < -0.39 is 0 Å². The Hall–Kier alpha value is -1.83. The molecule has 102 valence electrons. The van der Waals surface area contributed by atoms with Crippen molar-refractivity contribution in [3.8, 4) is 11.8 Å². The number of aryl methyl sites for hydroxylation is 1. The number of hydrogen-bond acceptors (Lipinski definition) is 3. The molecule has 0 aliphatic rings. The molecule has 0 aliphatic carbocycles. The van der Waals surface area contributed by atoms with Gasteiger partial charge in [0.15, 0.2) is 0 Å². The molecule has 0 radical (unpaired) electrons. The Morgan fingerprint density at radius 1 is 1.47 bits per heavy atom. The van der Waals surface area contributed by atoms with E-state index in [1.54, 1.807) is 0 Å². The highest BCUT2D eigenvalue weighted by Crippen LogP contribution is 2.14. The van der Waals surface area contributed by atoms with Crippen LogP contribution in [0.4, 0.5) is 5.69 Å². The molecule has 0 saturated carbocycles. The SMILES string of the molecule is CCCOCC(=O)Nc1ccc(C)c(C#CCN)c1. The van der Waals surface area contributed by atoms with Crippen LogP contribution in [0.15, 0.2) is 18.2 Å². The standard InChI is InChI=1S/C15H20N2O2/c1-3-9-19-11-15(18)17-14-7-6-12(2)13(10-14)5-4-8-16/h6-7,10H,3,8-9,11,16H2,1-2H3,(H,17,18). The van der Waals surface area contributed by atoms with Crippen molar-refractivity contribution in [1.82, 2.24) is 0 Å². The van der Waals surface area contributed by atoms with Gasteiger partial charge in [-0.3, -0.25) is 4.79 Å². The third-order valence-corrected chi connectivity index (χ3v) is 2.43. The number of nitrogens with two attached hydrogens (primary N) is 1. The van der Waals surface area contributed by atoms with Crippen molar-refractivity contribution < 1.29 is 9.53 Å². The maximum Gasteiger partial charge on any atom is 0.250 e. The van der Waals surface area contributed by atoms with E-state index >= 15 is 0 Å². The summed E-state index contributed by atoms with van der Waals surface area (Å²) in [5.41, 5.74) is 8.00. The van der Waals surface area contributed by atoms with Crippen molar-refractivity contribution >= 4 is 11.6 Å². The normalized spacial score (nSPS) is 9.63. The molecule has 4 heteroatoms. The third-order valence-electron chi connectivity index (χ3n) is 2.43. The first-order valence-corrected chi connectivity index (χ1v) is 6.34. The summed E-state index contributed by atoms with van der Waals surface area (Å²) in [7, 11) is 0. The van der Waals surface area contributed by atoms with E-state index in [1.165, 1.54) is 0 Å². The Bertz CT molecular complexity index is 487. The fourth-order valence-electron chi connectivity index (χ4n) is 1.49. The summed E-state index contributed by atoms with van der Waals surface area (Å²) in [5, 5.41) is 2.78. The summed E-state index contributed by atoms with van der Waals surface area (Å²) in [5.74, 6) is 5.63. The van der Waals surface area contributed by atoms with E-state index in [2.05, 4.69) is 17.2 Å². The van der Waals surface area contributed by atoms with Crippen molar-refractivity contribution in [2.45, 2.75) is 20.3 Å². The lowest BCUT2D eigenvalue weighted by Crippen LogP contribution is -2.18. The van der Waals surface area contributed by atoms with Crippen molar-refractivity contribution in [2.75, 3.05) is 25.1 Å². The third kappa shape index (κ3) is 5.56. The molecule has 0 bridgehead atoms. The van der Waals surface area contributed by atoms with Crippen molar-refractivity contribution in [3.63, 3.8) is 0 Å². The summed E-state index contributed by atoms with van der Waals surface area (Å²) >= 11 is 0. The second kappa shape index (κ2) is 8.30. The Morgan fingerprint density at radius 3 is 2.95 bits per heavy atom. The number of rotatable bonds is 5. The highest BCUT2D eigenvalue weighted by atomic mass is 16.5. The molecular weight excluding hydrogens is 240 g/mol. The van der Waals surface area contributed by atoms with E-state index in [-0.39, 0.29) is 12.5 Å². The zero-order valence-corrected chi connectivity index (χ0v) is 11.5. The van der Waals surface area contributed by atoms with Crippen LogP contribution in [0, 0.1) is 18.8 Å². The molecule has 0 spiro atoms. The van der Waals surface area contributed by atoms with E-state index in [9.17, 15) is 4.79 Å². The van der Waals surface area contributed by atoms with Gasteiger partial charge in [-0.1, -0.05) is 24.8 Å².